The van der Waals surface area contributed by atoms with Gasteiger partial charge < -0.3 is 4.74 Å². The van der Waals surface area contributed by atoms with Gasteiger partial charge in [0.25, 0.3) is 0 Å². The number of ether oxygens (including phenoxy) is 1. The van der Waals surface area contributed by atoms with Crippen LogP contribution >= 0.6 is 0 Å². The first-order valence-electron chi connectivity index (χ1n) is 8.16. The molecule has 1 fully saturated rings. The molecule has 7 nitrogen and oxygen atoms in total. The van der Waals surface area contributed by atoms with E-state index in [-0.39, 0.29) is 19.2 Å². The number of esters is 1. The number of nitrogens with one attached hydrogen (secondary N) is 2. The molecule has 1 aromatic rings. The Morgan fingerprint density at radius 2 is 2.12 bits per heavy atom. The summed E-state index contributed by atoms with van der Waals surface area (Å²) < 4.78 is 32.5. The molecule has 24 heavy (non-hydrogen) atoms. The second-order valence-corrected chi connectivity index (χ2v) is 8.23. The van der Waals surface area contributed by atoms with Crippen molar-refractivity contribution in [2.24, 2.45) is 5.92 Å². The van der Waals surface area contributed by atoms with Crippen molar-refractivity contribution in [3.05, 3.63) is 35.4 Å². The summed E-state index contributed by atoms with van der Waals surface area (Å²) in [5.74, 6) is -1.25. The molecule has 3 unspecified atom stereocenters. The SMILES string of the molecule is CCOC(=O)C1CNNC1S(=O)(=O)N(C)C1CCc2ccccc21. The molecule has 0 saturated carbocycles. The summed E-state index contributed by atoms with van der Waals surface area (Å²) in [5.41, 5.74) is 7.74. The number of rotatable bonds is 5. The highest BCUT2D eigenvalue weighted by molar-refractivity contribution is 7.89. The molecule has 2 N–H and O–H groups in total. The Kier molecular flexibility index (Phi) is 4.91. The summed E-state index contributed by atoms with van der Waals surface area (Å²) in [6.07, 6.45) is 1.61. The maximum absolute atomic E-state index is 13.1. The highest BCUT2D eigenvalue weighted by Gasteiger charge is 2.46. The fraction of sp³-hybridized carbons (Fsp3) is 0.562. The number of hydrogen-bond acceptors (Lipinski definition) is 6. The Hall–Kier alpha value is -1.48. The lowest BCUT2D eigenvalue weighted by molar-refractivity contribution is -0.147. The molecule has 0 aromatic heterocycles. The first-order chi connectivity index (χ1) is 11.5. The molecule has 2 aliphatic rings. The van der Waals surface area contributed by atoms with Gasteiger partial charge in [0.15, 0.2) is 5.37 Å². The van der Waals surface area contributed by atoms with E-state index in [4.69, 9.17) is 4.74 Å². The third kappa shape index (κ3) is 2.95. The average molecular weight is 353 g/mol. The molecule has 0 amide bonds. The summed E-state index contributed by atoms with van der Waals surface area (Å²) in [7, 11) is -2.13. The average Bonchev–Trinajstić information content (AvgIpc) is 3.21. The highest BCUT2D eigenvalue weighted by Crippen LogP contribution is 2.37. The van der Waals surface area contributed by atoms with Gasteiger partial charge in [0, 0.05) is 13.6 Å². The van der Waals surface area contributed by atoms with Crippen LogP contribution in [0.15, 0.2) is 24.3 Å². The molecule has 0 bridgehead atoms. The number of nitrogens with zero attached hydrogens (tertiary/aromatic N) is 1. The van der Waals surface area contributed by atoms with Gasteiger partial charge in [-0.1, -0.05) is 24.3 Å². The summed E-state index contributed by atoms with van der Waals surface area (Å²) >= 11 is 0. The van der Waals surface area contributed by atoms with Crippen LogP contribution in [0.4, 0.5) is 0 Å². The zero-order valence-corrected chi connectivity index (χ0v) is 14.7. The number of sulfonamides is 1. The highest BCUT2D eigenvalue weighted by atomic mass is 32.2. The van der Waals surface area contributed by atoms with Crippen LogP contribution < -0.4 is 10.9 Å². The third-order valence-corrected chi connectivity index (χ3v) is 6.93. The lowest BCUT2D eigenvalue weighted by Gasteiger charge is -2.29. The van der Waals surface area contributed by atoms with Gasteiger partial charge in [-0.2, -0.15) is 4.31 Å². The van der Waals surface area contributed by atoms with E-state index in [0.717, 1.165) is 18.4 Å². The maximum Gasteiger partial charge on any atom is 0.313 e. The van der Waals surface area contributed by atoms with Crippen LogP contribution in [0.5, 0.6) is 0 Å². The monoisotopic (exact) mass is 353 g/mol. The minimum absolute atomic E-state index is 0.198. The Labute approximate surface area is 142 Å². The van der Waals surface area contributed by atoms with Gasteiger partial charge in [-0.05, 0) is 30.9 Å². The number of fused-ring (bicyclic) bond motifs is 1. The van der Waals surface area contributed by atoms with Crippen molar-refractivity contribution in [2.45, 2.75) is 31.2 Å². The molecule has 1 aromatic carbocycles. The van der Waals surface area contributed by atoms with Crippen LogP contribution in [0.2, 0.25) is 0 Å². The first-order valence-corrected chi connectivity index (χ1v) is 9.66. The number of aryl methyl sites for hydroxylation is 1. The second kappa shape index (κ2) is 6.79. The van der Waals surface area contributed by atoms with Crippen molar-refractivity contribution in [1.29, 1.82) is 0 Å². The number of carbonyl (C=O) groups excluding carboxylic acids is 1. The molecular weight excluding hydrogens is 330 g/mol. The second-order valence-electron chi connectivity index (χ2n) is 6.12. The van der Waals surface area contributed by atoms with E-state index in [1.54, 1.807) is 14.0 Å². The van der Waals surface area contributed by atoms with Crippen molar-refractivity contribution < 1.29 is 17.9 Å². The van der Waals surface area contributed by atoms with E-state index in [1.807, 2.05) is 24.3 Å². The van der Waals surface area contributed by atoms with E-state index < -0.39 is 27.3 Å². The molecule has 132 valence electrons. The largest absolute Gasteiger partial charge is 0.466 e. The summed E-state index contributed by atoms with van der Waals surface area (Å²) in [6.45, 7) is 2.17. The van der Waals surface area contributed by atoms with E-state index >= 15 is 0 Å². The number of carbonyl (C=O) groups is 1. The Bertz CT molecular complexity index is 722. The normalized spacial score (nSPS) is 26.5. The van der Waals surface area contributed by atoms with Crippen molar-refractivity contribution in [2.75, 3.05) is 20.2 Å². The Morgan fingerprint density at radius 1 is 1.38 bits per heavy atom. The lowest BCUT2D eigenvalue weighted by atomic mass is 10.1. The fourth-order valence-electron chi connectivity index (χ4n) is 3.48. The zero-order chi connectivity index (χ0) is 17.3. The molecule has 0 radical (unpaired) electrons. The minimum atomic E-state index is -3.72. The molecule has 8 heteroatoms. The first kappa shape index (κ1) is 17.3. The van der Waals surface area contributed by atoms with Gasteiger partial charge in [-0.25, -0.2) is 13.8 Å². The van der Waals surface area contributed by atoms with Gasteiger partial charge in [0.2, 0.25) is 10.0 Å². The zero-order valence-electron chi connectivity index (χ0n) is 13.9. The van der Waals surface area contributed by atoms with Crippen LogP contribution in [-0.2, 0) is 26.0 Å². The fourth-order valence-corrected chi connectivity index (χ4v) is 5.27. The van der Waals surface area contributed by atoms with Crippen LogP contribution in [0, 0.1) is 5.92 Å². The van der Waals surface area contributed by atoms with Gasteiger partial charge in [0.1, 0.15) is 5.92 Å². The smallest absolute Gasteiger partial charge is 0.313 e. The van der Waals surface area contributed by atoms with Crippen molar-refractivity contribution in [3.63, 3.8) is 0 Å². The van der Waals surface area contributed by atoms with Crippen LogP contribution in [-0.4, -0.2) is 44.3 Å². The molecule has 1 heterocycles. The van der Waals surface area contributed by atoms with Crippen molar-refractivity contribution in [3.8, 4) is 0 Å². The molecule has 0 spiro atoms. The van der Waals surface area contributed by atoms with Crippen molar-refractivity contribution in [1.82, 2.24) is 15.2 Å². The maximum atomic E-state index is 13.1. The molecule has 3 rings (SSSR count). The topological polar surface area (TPSA) is 87.7 Å². The predicted octanol–water partition coefficient (Wildman–Crippen LogP) is 0.549. The van der Waals surface area contributed by atoms with Gasteiger partial charge in [-0.15, -0.1) is 0 Å². The van der Waals surface area contributed by atoms with E-state index in [0.29, 0.717) is 0 Å². The van der Waals surface area contributed by atoms with Gasteiger partial charge >= 0.3 is 5.97 Å². The number of benzene rings is 1. The summed E-state index contributed by atoms with van der Waals surface area (Å²) in [5, 5.41) is -1.02. The van der Waals surface area contributed by atoms with Gasteiger partial charge in [0.05, 0.1) is 12.6 Å². The van der Waals surface area contributed by atoms with E-state index in [1.165, 1.54) is 9.87 Å². The molecular formula is C16H23N3O4S. The third-order valence-electron chi connectivity index (χ3n) is 4.78. The molecule has 1 saturated heterocycles. The van der Waals surface area contributed by atoms with Crippen molar-refractivity contribution >= 4 is 16.0 Å². The van der Waals surface area contributed by atoms with Crippen LogP contribution in [0.25, 0.3) is 0 Å². The van der Waals surface area contributed by atoms with Gasteiger partial charge in [-0.3, -0.25) is 10.2 Å². The Balaban J connectivity index is 1.84. The quantitative estimate of drug-likeness (QED) is 0.752. The summed E-state index contributed by atoms with van der Waals surface area (Å²) in [6, 6.07) is 7.70. The summed E-state index contributed by atoms with van der Waals surface area (Å²) in [4.78, 5) is 12.1. The van der Waals surface area contributed by atoms with Crippen LogP contribution in [0.1, 0.15) is 30.5 Å². The van der Waals surface area contributed by atoms with E-state index in [9.17, 15) is 13.2 Å². The van der Waals surface area contributed by atoms with E-state index in [2.05, 4.69) is 10.9 Å². The lowest BCUT2D eigenvalue weighted by Crippen LogP contribution is -2.48. The minimum Gasteiger partial charge on any atom is -0.466 e. The Morgan fingerprint density at radius 3 is 2.88 bits per heavy atom. The molecule has 1 aliphatic carbocycles. The number of hydrogen-bond donors (Lipinski definition) is 2. The molecule has 1 aliphatic heterocycles. The van der Waals surface area contributed by atoms with Crippen LogP contribution in [0.3, 0.4) is 0 Å². The molecule has 3 atom stereocenters. The number of hydrazine groups is 1. The standard InChI is InChI=1S/C16H23N3O4S/c1-3-23-16(20)13-10-17-18-15(13)24(21,22)19(2)14-9-8-11-6-4-5-7-12(11)14/h4-7,13-15,17-18H,3,8-10H2,1-2H3. The predicted molar refractivity (Wildman–Crippen MR) is 89.2 cm³/mol.